The standard InChI is InChI=1S/C28H29Cl4N3O4S/c1-4-18(2)33-28(37)19(3)34(16-20-10-12-23(30)25(32)14-20)27(36)17-35(26-15-21(29)11-13-24(26)31)40(38,39)22-8-6-5-7-9-22/h5-15,18-19H,4,16-17H2,1-3H3,(H,33,37)/t18-,19+/m1/s1. The molecule has 0 fully saturated rings. The number of hydrogen-bond donors (Lipinski definition) is 1. The van der Waals surface area contributed by atoms with Crippen molar-refractivity contribution in [2.45, 2.75) is 50.7 Å². The van der Waals surface area contributed by atoms with Gasteiger partial charge in [0.05, 0.1) is 25.7 Å². The SMILES string of the molecule is CC[C@@H](C)NC(=O)[C@H](C)N(Cc1ccc(Cl)c(Cl)c1)C(=O)CN(c1cc(Cl)ccc1Cl)S(=O)(=O)c1ccccc1. The second-order valence-electron chi connectivity index (χ2n) is 9.18. The minimum Gasteiger partial charge on any atom is -0.352 e. The number of amides is 2. The number of nitrogens with zero attached hydrogens (tertiary/aromatic N) is 2. The fraction of sp³-hybridized carbons (Fsp3) is 0.286. The van der Waals surface area contributed by atoms with Crippen LogP contribution < -0.4 is 9.62 Å². The molecule has 0 radical (unpaired) electrons. The summed E-state index contributed by atoms with van der Waals surface area (Å²) >= 11 is 24.9. The maximum absolute atomic E-state index is 14.0. The van der Waals surface area contributed by atoms with E-state index in [0.717, 1.165) is 4.31 Å². The van der Waals surface area contributed by atoms with Crippen LogP contribution in [0.15, 0.2) is 71.6 Å². The van der Waals surface area contributed by atoms with Crippen LogP contribution in [0.3, 0.4) is 0 Å². The third-order valence-electron chi connectivity index (χ3n) is 6.29. The first kappa shape index (κ1) is 32.0. The van der Waals surface area contributed by atoms with Gasteiger partial charge in [-0.1, -0.05) is 77.6 Å². The number of halogens is 4. The van der Waals surface area contributed by atoms with Gasteiger partial charge < -0.3 is 10.2 Å². The predicted molar refractivity (Wildman–Crippen MR) is 162 cm³/mol. The lowest BCUT2D eigenvalue weighted by atomic mass is 10.1. The largest absolute Gasteiger partial charge is 0.352 e. The maximum atomic E-state index is 14.0. The summed E-state index contributed by atoms with van der Waals surface area (Å²) in [5, 5.41) is 3.80. The molecule has 0 spiro atoms. The second kappa shape index (κ2) is 13.9. The number of carbonyl (C=O) groups excluding carboxylic acids is 2. The first-order chi connectivity index (χ1) is 18.8. The van der Waals surface area contributed by atoms with Crippen LogP contribution in [0.5, 0.6) is 0 Å². The van der Waals surface area contributed by atoms with E-state index >= 15 is 0 Å². The van der Waals surface area contributed by atoms with Gasteiger partial charge in [0.1, 0.15) is 12.6 Å². The van der Waals surface area contributed by atoms with Crippen LogP contribution in [0.1, 0.15) is 32.8 Å². The van der Waals surface area contributed by atoms with Crippen molar-refractivity contribution in [3.63, 3.8) is 0 Å². The van der Waals surface area contributed by atoms with Gasteiger partial charge in [-0.15, -0.1) is 0 Å². The zero-order chi connectivity index (χ0) is 29.6. The molecule has 0 saturated carbocycles. The molecular weight excluding hydrogens is 616 g/mol. The molecule has 3 aromatic carbocycles. The van der Waals surface area contributed by atoms with Crippen molar-refractivity contribution in [3.8, 4) is 0 Å². The van der Waals surface area contributed by atoms with Crippen molar-refractivity contribution >= 4 is 73.9 Å². The van der Waals surface area contributed by atoms with E-state index in [-0.39, 0.29) is 44.1 Å². The molecule has 0 unspecified atom stereocenters. The second-order valence-corrected chi connectivity index (χ2v) is 12.7. The molecule has 0 heterocycles. The highest BCUT2D eigenvalue weighted by Gasteiger charge is 2.33. The highest BCUT2D eigenvalue weighted by molar-refractivity contribution is 7.92. The summed E-state index contributed by atoms with van der Waals surface area (Å²) in [6, 6.07) is 15.8. The topological polar surface area (TPSA) is 86.8 Å². The van der Waals surface area contributed by atoms with E-state index < -0.39 is 28.5 Å². The molecule has 0 aromatic heterocycles. The van der Waals surface area contributed by atoms with Gasteiger partial charge in [0.25, 0.3) is 10.0 Å². The van der Waals surface area contributed by atoms with E-state index in [2.05, 4.69) is 5.32 Å². The lowest BCUT2D eigenvalue weighted by Gasteiger charge is -2.32. The molecule has 3 rings (SSSR count). The summed E-state index contributed by atoms with van der Waals surface area (Å²) in [6.45, 7) is 4.67. The smallest absolute Gasteiger partial charge is 0.264 e. The number of hydrogen-bond acceptors (Lipinski definition) is 4. The van der Waals surface area contributed by atoms with E-state index in [1.807, 2.05) is 13.8 Å². The van der Waals surface area contributed by atoms with Crippen LogP contribution in [0.25, 0.3) is 0 Å². The van der Waals surface area contributed by atoms with E-state index in [4.69, 9.17) is 46.4 Å². The first-order valence-corrected chi connectivity index (χ1v) is 15.4. The van der Waals surface area contributed by atoms with Gasteiger partial charge >= 0.3 is 0 Å². The summed E-state index contributed by atoms with van der Waals surface area (Å²) in [7, 11) is -4.27. The highest BCUT2D eigenvalue weighted by atomic mass is 35.5. The summed E-state index contributed by atoms with van der Waals surface area (Å²) in [6.07, 6.45) is 0.690. The molecule has 214 valence electrons. The Kier molecular flexibility index (Phi) is 11.1. The molecule has 0 saturated heterocycles. The van der Waals surface area contributed by atoms with Crippen LogP contribution in [-0.4, -0.2) is 43.8 Å². The van der Waals surface area contributed by atoms with Crippen molar-refractivity contribution in [2.24, 2.45) is 0 Å². The zero-order valence-electron chi connectivity index (χ0n) is 22.1. The lowest BCUT2D eigenvalue weighted by molar-refractivity contribution is -0.139. The molecule has 2 amide bonds. The van der Waals surface area contributed by atoms with Gasteiger partial charge in [0, 0.05) is 17.6 Å². The third-order valence-corrected chi connectivity index (χ3v) is 9.36. The van der Waals surface area contributed by atoms with Crippen LogP contribution in [-0.2, 0) is 26.2 Å². The van der Waals surface area contributed by atoms with Gasteiger partial charge in [-0.2, -0.15) is 0 Å². The van der Waals surface area contributed by atoms with Gasteiger partial charge in [-0.3, -0.25) is 13.9 Å². The normalized spacial score (nSPS) is 12.9. The number of sulfonamides is 1. The lowest BCUT2D eigenvalue weighted by Crippen LogP contribution is -2.52. The molecule has 0 aliphatic heterocycles. The Hall–Kier alpha value is -2.49. The minimum atomic E-state index is -4.27. The number of rotatable bonds is 11. The number of benzene rings is 3. The molecule has 40 heavy (non-hydrogen) atoms. The Morgan fingerprint density at radius 3 is 2.15 bits per heavy atom. The van der Waals surface area contributed by atoms with Gasteiger partial charge in [-0.05, 0) is 68.3 Å². The van der Waals surface area contributed by atoms with Crippen LogP contribution in [0, 0.1) is 0 Å². The summed E-state index contributed by atoms with van der Waals surface area (Å²) in [5.41, 5.74) is 0.627. The first-order valence-electron chi connectivity index (χ1n) is 12.4. The van der Waals surface area contributed by atoms with Crippen LogP contribution in [0.2, 0.25) is 20.1 Å². The molecule has 2 atom stereocenters. The van der Waals surface area contributed by atoms with E-state index in [0.29, 0.717) is 17.0 Å². The fourth-order valence-corrected chi connectivity index (χ4v) is 6.00. The third kappa shape index (κ3) is 7.83. The van der Waals surface area contributed by atoms with E-state index in [1.165, 1.54) is 35.2 Å². The average Bonchev–Trinajstić information content (AvgIpc) is 2.93. The zero-order valence-corrected chi connectivity index (χ0v) is 25.9. The van der Waals surface area contributed by atoms with Gasteiger partial charge in [-0.25, -0.2) is 8.42 Å². The van der Waals surface area contributed by atoms with Crippen molar-refractivity contribution in [1.82, 2.24) is 10.2 Å². The maximum Gasteiger partial charge on any atom is 0.264 e. The fourth-order valence-electron chi connectivity index (χ4n) is 3.79. The van der Waals surface area contributed by atoms with E-state index in [1.54, 1.807) is 43.3 Å². The quantitative estimate of drug-likeness (QED) is 0.248. The molecule has 0 aliphatic rings. The van der Waals surface area contributed by atoms with Gasteiger partial charge in [0.2, 0.25) is 11.8 Å². The minimum absolute atomic E-state index is 0.0255. The average molecular weight is 645 g/mol. The molecule has 0 bridgehead atoms. The van der Waals surface area contributed by atoms with Crippen molar-refractivity contribution in [2.75, 3.05) is 10.8 Å². The van der Waals surface area contributed by atoms with E-state index in [9.17, 15) is 18.0 Å². The Morgan fingerprint density at radius 2 is 1.52 bits per heavy atom. The van der Waals surface area contributed by atoms with Crippen LogP contribution in [0.4, 0.5) is 5.69 Å². The molecular formula is C28H29Cl4N3O4S. The predicted octanol–water partition coefficient (Wildman–Crippen LogP) is 6.83. The molecule has 0 aliphatic carbocycles. The Labute approximate surface area is 255 Å². The monoisotopic (exact) mass is 643 g/mol. The number of carbonyl (C=O) groups is 2. The number of nitrogens with one attached hydrogen (secondary N) is 1. The van der Waals surface area contributed by atoms with Gasteiger partial charge in [0.15, 0.2) is 0 Å². The number of anilines is 1. The van der Waals surface area contributed by atoms with Crippen molar-refractivity contribution in [1.29, 1.82) is 0 Å². The summed E-state index contributed by atoms with van der Waals surface area (Å²) < 4.78 is 28.6. The molecule has 12 heteroatoms. The van der Waals surface area contributed by atoms with Crippen LogP contribution >= 0.6 is 46.4 Å². The van der Waals surface area contributed by atoms with Crippen molar-refractivity contribution in [3.05, 3.63) is 92.4 Å². The Bertz CT molecular complexity index is 1470. The van der Waals surface area contributed by atoms with Crippen molar-refractivity contribution < 1.29 is 18.0 Å². The Balaban J connectivity index is 2.07. The molecule has 1 N–H and O–H groups in total. The molecule has 7 nitrogen and oxygen atoms in total. The Morgan fingerprint density at radius 1 is 0.875 bits per heavy atom. The summed E-state index contributed by atoms with van der Waals surface area (Å²) in [5.74, 6) is -1.03. The highest BCUT2D eigenvalue weighted by Crippen LogP contribution is 2.33. The molecule has 3 aromatic rings. The summed E-state index contributed by atoms with van der Waals surface area (Å²) in [4.78, 5) is 28.3.